The third-order valence-corrected chi connectivity index (χ3v) is 3.97. The van der Waals surface area contributed by atoms with Crippen molar-refractivity contribution in [3.05, 3.63) is 0 Å². The molecule has 1 heterocycles. The molecule has 1 N–H and O–H groups in total. The van der Waals surface area contributed by atoms with Crippen LogP contribution in [-0.2, 0) is 4.74 Å². The molecule has 0 spiro atoms. The van der Waals surface area contributed by atoms with Crippen molar-refractivity contribution in [3.63, 3.8) is 0 Å². The molecule has 1 saturated heterocycles. The van der Waals surface area contributed by atoms with Crippen LogP contribution in [0.25, 0.3) is 0 Å². The largest absolute Gasteiger partial charge is 0.444 e. The second kappa shape index (κ2) is 5.31. The summed E-state index contributed by atoms with van der Waals surface area (Å²) in [6, 6.07) is 0. The maximum absolute atomic E-state index is 12.4. The third kappa shape index (κ3) is 4.10. The van der Waals surface area contributed by atoms with Crippen LogP contribution in [0.3, 0.4) is 0 Å². The van der Waals surface area contributed by atoms with Crippen LogP contribution >= 0.6 is 0 Å². The number of piperidine rings is 1. The van der Waals surface area contributed by atoms with Gasteiger partial charge < -0.3 is 4.74 Å². The van der Waals surface area contributed by atoms with Crippen molar-refractivity contribution in [2.24, 2.45) is 5.92 Å². The van der Waals surface area contributed by atoms with Crippen LogP contribution in [0.1, 0.15) is 59.8 Å². The van der Waals surface area contributed by atoms with E-state index in [1.807, 2.05) is 25.7 Å². The lowest BCUT2D eigenvalue weighted by Crippen LogP contribution is -2.62. The van der Waals surface area contributed by atoms with Gasteiger partial charge in [-0.25, -0.2) is 4.79 Å². The van der Waals surface area contributed by atoms with Crippen molar-refractivity contribution in [2.45, 2.75) is 71.1 Å². The SMILES string of the molecule is CC(C)(C)OC(=O)N1CCCCC1(C)NCC1CC1. The molecule has 0 radical (unpaired) electrons. The van der Waals surface area contributed by atoms with Gasteiger partial charge in [0.25, 0.3) is 0 Å². The summed E-state index contributed by atoms with van der Waals surface area (Å²) in [5.41, 5.74) is -0.658. The van der Waals surface area contributed by atoms with Crippen molar-refractivity contribution in [2.75, 3.05) is 13.1 Å². The molecular weight excluding hydrogens is 240 g/mol. The van der Waals surface area contributed by atoms with E-state index in [-0.39, 0.29) is 11.8 Å². The van der Waals surface area contributed by atoms with E-state index in [4.69, 9.17) is 4.74 Å². The van der Waals surface area contributed by atoms with Gasteiger partial charge in [-0.15, -0.1) is 0 Å². The van der Waals surface area contributed by atoms with E-state index in [0.717, 1.165) is 31.8 Å². The smallest absolute Gasteiger partial charge is 0.411 e. The lowest BCUT2D eigenvalue weighted by atomic mass is 9.97. The zero-order valence-electron chi connectivity index (χ0n) is 12.8. The Morgan fingerprint density at radius 3 is 2.63 bits per heavy atom. The van der Waals surface area contributed by atoms with Gasteiger partial charge in [0.1, 0.15) is 5.60 Å². The highest BCUT2D eigenvalue weighted by molar-refractivity contribution is 5.69. The van der Waals surface area contributed by atoms with Crippen LogP contribution in [0.4, 0.5) is 4.79 Å². The first-order chi connectivity index (χ1) is 8.80. The standard InChI is InChI=1S/C15H28N2O2/c1-14(2,3)19-13(18)17-10-6-5-9-15(17,4)16-11-12-7-8-12/h12,16H,5-11H2,1-4H3. The highest BCUT2D eigenvalue weighted by Gasteiger charge is 2.40. The fourth-order valence-electron chi connectivity index (χ4n) is 2.60. The van der Waals surface area contributed by atoms with Gasteiger partial charge in [-0.3, -0.25) is 10.2 Å². The number of amides is 1. The summed E-state index contributed by atoms with van der Waals surface area (Å²) < 4.78 is 5.54. The molecule has 19 heavy (non-hydrogen) atoms. The minimum Gasteiger partial charge on any atom is -0.444 e. The Kier molecular flexibility index (Phi) is 4.09. The Labute approximate surface area is 116 Å². The predicted octanol–water partition coefficient (Wildman–Crippen LogP) is 3.12. The first-order valence-electron chi connectivity index (χ1n) is 7.56. The topological polar surface area (TPSA) is 41.6 Å². The summed E-state index contributed by atoms with van der Waals surface area (Å²) in [5.74, 6) is 0.819. The van der Waals surface area contributed by atoms with Crippen molar-refractivity contribution in [1.29, 1.82) is 0 Å². The molecular formula is C15H28N2O2. The minimum absolute atomic E-state index is 0.182. The molecule has 1 atom stereocenters. The Balaban J connectivity index is 1.98. The average molecular weight is 268 g/mol. The fraction of sp³-hybridized carbons (Fsp3) is 0.933. The van der Waals surface area contributed by atoms with Crippen molar-refractivity contribution in [1.82, 2.24) is 10.2 Å². The summed E-state index contributed by atoms with van der Waals surface area (Å²) in [4.78, 5) is 14.2. The van der Waals surface area contributed by atoms with E-state index in [1.165, 1.54) is 19.3 Å². The molecule has 2 rings (SSSR count). The van der Waals surface area contributed by atoms with Crippen molar-refractivity contribution >= 4 is 6.09 Å². The van der Waals surface area contributed by atoms with Gasteiger partial charge >= 0.3 is 6.09 Å². The zero-order valence-corrected chi connectivity index (χ0v) is 12.8. The molecule has 0 aromatic carbocycles. The number of carbonyl (C=O) groups is 1. The quantitative estimate of drug-likeness (QED) is 0.855. The molecule has 0 aromatic rings. The molecule has 1 saturated carbocycles. The first-order valence-corrected chi connectivity index (χ1v) is 7.56. The number of likely N-dealkylation sites (tertiary alicyclic amines) is 1. The Morgan fingerprint density at radius 2 is 2.05 bits per heavy atom. The Bertz CT molecular complexity index is 334. The lowest BCUT2D eigenvalue weighted by molar-refractivity contribution is -0.0211. The molecule has 4 nitrogen and oxygen atoms in total. The van der Waals surface area contributed by atoms with Gasteiger partial charge in [-0.1, -0.05) is 0 Å². The Morgan fingerprint density at radius 1 is 1.37 bits per heavy atom. The van der Waals surface area contributed by atoms with Crippen LogP contribution in [0.2, 0.25) is 0 Å². The molecule has 1 aliphatic carbocycles. The molecule has 1 unspecified atom stereocenters. The molecule has 2 aliphatic rings. The van der Waals surface area contributed by atoms with E-state index >= 15 is 0 Å². The van der Waals surface area contributed by atoms with E-state index < -0.39 is 5.60 Å². The van der Waals surface area contributed by atoms with Crippen LogP contribution in [0, 0.1) is 5.92 Å². The van der Waals surface area contributed by atoms with Gasteiger partial charge in [0, 0.05) is 13.1 Å². The molecule has 110 valence electrons. The second-order valence-corrected chi connectivity index (χ2v) is 7.19. The van der Waals surface area contributed by atoms with Crippen LogP contribution < -0.4 is 5.32 Å². The molecule has 1 aliphatic heterocycles. The zero-order chi connectivity index (χ0) is 14.1. The monoisotopic (exact) mass is 268 g/mol. The van der Waals surface area contributed by atoms with Crippen molar-refractivity contribution < 1.29 is 9.53 Å². The average Bonchev–Trinajstić information content (AvgIpc) is 3.08. The summed E-state index contributed by atoms with van der Waals surface area (Å²) in [6.07, 6.45) is 5.73. The second-order valence-electron chi connectivity index (χ2n) is 7.19. The first kappa shape index (κ1) is 14.6. The number of rotatable bonds is 3. The highest BCUT2D eigenvalue weighted by atomic mass is 16.6. The Hall–Kier alpha value is -0.770. The molecule has 4 heteroatoms. The summed E-state index contributed by atoms with van der Waals surface area (Å²) >= 11 is 0. The van der Waals surface area contributed by atoms with Crippen molar-refractivity contribution in [3.8, 4) is 0 Å². The van der Waals surface area contributed by atoms with Crippen LogP contribution in [-0.4, -0.2) is 35.3 Å². The van der Waals surface area contributed by atoms with Crippen LogP contribution in [0.5, 0.6) is 0 Å². The summed E-state index contributed by atoms with van der Waals surface area (Å²) in [7, 11) is 0. The highest BCUT2D eigenvalue weighted by Crippen LogP contribution is 2.31. The molecule has 1 amide bonds. The molecule has 2 fully saturated rings. The number of ether oxygens (including phenoxy) is 1. The number of nitrogens with zero attached hydrogens (tertiary/aromatic N) is 1. The van der Waals surface area contributed by atoms with Gasteiger partial charge in [0.15, 0.2) is 0 Å². The number of carbonyl (C=O) groups excluding carboxylic acids is 1. The summed E-state index contributed by atoms with van der Waals surface area (Å²) in [5, 5.41) is 3.60. The summed E-state index contributed by atoms with van der Waals surface area (Å²) in [6.45, 7) is 9.72. The predicted molar refractivity (Wildman–Crippen MR) is 75.9 cm³/mol. The van der Waals surface area contributed by atoms with Gasteiger partial charge in [0.2, 0.25) is 0 Å². The molecule has 0 bridgehead atoms. The third-order valence-electron chi connectivity index (χ3n) is 3.97. The maximum atomic E-state index is 12.4. The van der Waals surface area contributed by atoms with E-state index in [1.54, 1.807) is 0 Å². The normalized spacial score (nSPS) is 28.3. The van der Waals surface area contributed by atoms with Gasteiger partial charge in [0.05, 0.1) is 5.66 Å². The minimum atomic E-state index is -0.425. The van der Waals surface area contributed by atoms with Gasteiger partial charge in [-0.2, -0.15) is 0 Å². The lowest BCUT2D eigenvalue weighted by Gasteiger charge is -2.45. The van der Waals surface area contributed by atoms with Gasteiger partial charge in [-0.05, 0) is 65.7 Å². The number of nitrogens with one attached hydrogen (secondary N) is 1. The van der Waals surface area contributed by atoms with E-state index in [2.05, 4.69) is 12.2 Å². The van der Waals surface area contributed by atoms with E-state index in [0.29, 0.717) is 0 Å². The maximum Gasteiger partial charge on any atom is 0.411 e. The molecule has 0 aromatic heterocycles. The van der Waals surface area contributed by atoms with E-state index in [9.17, 15) is 4.79 Å². The number of hydrogen-bond acceptors (Lipinski definition) is 3. The van der Waals surface area contributed by atoms with Crippen LogP contribution in [0.15, 0.2) is 0 Å². The number of hydrogen-bond donors (Lipinski definition) is 1. The fourth-order valence-corrected chi connectivity index (χ4v) is 2.60.